The van der Waals surface area contributed by atoms with Crippen LogP contribution in [0.25, 0.3) is 0 Å². The van der Waals surface area contributed by atoms with Crippen molar-refractivity contribution in [3.05, 3.63) is 0 Å². The lowest BCUT2D eigenvalue weighted by Crippen LogP contribution is -2.37. The molecular weight excluding hydrogens is 186 g/mol. The molecule has 1 saturated heterocycles. The molecule has 0 bridgehead atoms. The van der Waals surface area contributed by atoms with Crippen molar-refractivity contribution in [1.29, 1.82) is 0 Å². The van der Waals surface area contributed by atoms with Gasteiger partial charge in [0.15, 0.2) is 9.84 Å². The lowest BCUT2D eigenvalue weighted by molar-refractivity contribution is 0.361. The Kier molecular flexibility index (Phi) is 3.35. The van der Waals surface area contributed by atoms with Crippen LogP contribution >= 0.6 is 0 Å². The molecule has 3 atom stereocenters. The van der Waals surface area contributed by atoms with Crippen LogP contribution in [0.15, 0.2) is 0 Å². The lowest BCUT2D eigenvalue weighted by Gasteiger charge is -2.24. The molecule has 0 spiro atoms. The highest BCUT2D eigenvalue weighted by Crippen LogP contribution is 2.30. The third kappa shape index (κ3) is 2.05. The second kappa shape index (κ2) is 3.96. The summed E-state index contributed by atoms with van der Waals surface area (Å²) in [5, 5.41) is 3.04. The van der Waals surface area contributed by atoms with Gasteiger partial charge in [0.25, 0.3) is 0 Å². The quantitative estimate of drug-likeness (QED) is 0.741. The van der Waals surface area contributed by atoms with Gasteiger partial charge in [0.2, 0.25) is 0 Å². The normalized spacial score (nSPS) is 34.7. The molecule has 0 aromatic carbocycles. The summed E-state index contributed by atoms with van der Waals surface area (Å²) in [6.45, 7) is 3.94. The Bertz CT molecular complexity index is 257. The molecule has 4 heteroatoms. The summed E-state index contributed by atoms with van der Waals surface area (Å²) in [7, 11) is -0.871. The van der Waals surface area contributed by atoms with E-state index in [1.54, 1.807) is 0 Å². The molecule has 0 saturated carbocycles. The van der Waals surface area contributed by atoms with Crippen molar-refractivity contribution in [2.75, 3.05) is 12.8 Å². The SMILES string of the molecule is CCC(NC)C1CCS(=O)(=O)C1C. The number of sulfone groups is 1. The minimum Gasteiger partial charge on any atom is -0.317 e. The maximum atomic E-state index is 11.5. The molecule has 0 aliphatic carbocycles. The predicted octanol–water partition coefficient (Wildman–Crippen LogP) is 0.808. The van der Waals surface area contributed by atoms with Crippen LogP contribution in [-0.2, 0) is 9.84 Å². The van der Waals surface area contributed by atoms with Crippen molar-refractivity contribution >= 4 is 9.84 Å². The van der Waals surface area contributed by atoms with Crippen molar-refractivity contribution in [3.63, 3.8) is 0 Å². The van der Waals surface area contributed by atoms with Gasteiger partial charge in [-0.2, -0.15) is 0 Å². The average molecular weight is 205 g/mol. The summed E-state index contributed by atoms with van der Waals surface area (Å²) >= 11 is 0. The molecule has 1 fully saturated rings. The van der Waals surface area contributed by atoms with Crippen LogP contribution in [0.1, 0.15) is 26.7 Å². The van der Waals surface area contributed by atoms with Gasteiger partial charge in [-0.25, -0.2) is 8.42 Å². The van der Waals surface area contributed by atoms with Crippen LogP contribution in [0, 0.1) is 5.92 Å². The Balaban J connectivity index is 2.74. The summed E-state index contributed by atoms with van der Waals surface area (Å²) in [5.41, 5.74) is 0. The third-order valence-corrected chi connectivity index (χ3v) is 5.52. The summed E-state index contributed by atoms with van der Waals surface area (Å²) < 4.78 is 23.0. The van der Waals surface area contributed by atoms with Gasteiger partial charge in [0, 0.05) is 6.04 Å². The topological polar surface area (TPSA) is 46.2 Å². The highest BCUT2D eigenvalue weighted by Gasteiger charge is 2.39. The van der Waals surface area contributed by atoms with Gasteiger partial charge in [-0.15, -0.1) is 0 Å². The molecule has 3 nitrogen and oxygen atoms in total. The van der Waals surface area contributed by atoms with E-state index in [-0.39, 0.29) is 5.25 Å². The fourth-order valence-electron chi connectivity index (χ4n) is 2.24. The number of hydrogen-bond acceptors (Lipinski definition) is 3. The van der Waals surface area contributed by atoms with Crippen LogP contribution in [0.5, 0.6) is 0 Å². The fraction of sp³-hybridized carbons (Fsp3) is 1.00. The van der Waals surface area contributed by atoms with E-state index >= 15 is 0 Å². The van der Waals surface area contributed by atoms with Crippen LogP contribution in [0.2, 0.25) is 0 Å². The number of nitrogens with one attached hydrogen (secondary N) is 1. The zero-order valence-electron chi connectivity index (χ0n) is 8.58. The molecule has 1 aliphatic heterocycles. The molecule has 1 aliphatic rings. The highest BCUT2D eigenvalue weighted by atomic mass is 32.2. The van der Waals surface area contributed by atoms with Crippen molar-refractivity contribution in [1.82, 2.24) is 5.32 Å². The maximum absolute atomic E-state index is 11.5. The molecular formula is C9H19NO2S. The van der Waals surface area contributed by atoms with Crippen molar-refractivity contribution in [2.45, 2.75) is 38.0 Å². The maximum Gasteiger partial charge on any atom is 0.153 e. The minimum absolute atomic E-state index is 0.162. The third-order valence-electron chi connectivity index (χ3n) is 3.23. The Labute approximate surface area is 80.8 Å². The molecule has 0 aromatic heterocycles. The molecule has 1 N–H and O–H groups in total. The van der Waals surface area contributed by atoms with Crippen molar-refractivity contribution in [3.8, 4) is 0 Å². The van der Waals surface area contributed by atoms with Crippen molar-refractivity contribution in [2.24, 2.45) is 5.92 Å². The smallest absolute Gasteiger partial charge is 0.153 e. The standard InChI is InChI=1S/C9H19NO2S/c1-4-9(10-3)8-5-6-13(11,12)7(8)2/h7-10H,4-6H2,1-3H3. The van der Waals surface area contributed by atoms with E-state index in [1.807, 2.05) is 14.0 Å². The average Bonchev–Trinajstić information content (AvgIpc) is 2.34. The highest BCUT2D eigenvalue weighted by molar-refractivity contribution is 7.92. The second-order valence-electron chi connectivity index (χ2n) is 3.83. The first-order valence-electron chi connectivity index (χ1n) is 4.91. The Morgan fingerprint density at radius 3 is 2.46 bits per heavy atom. The van der Waals surface area contributed by atoms with E-state index in [4.69, 9.17) is 0 Å². The second-order valence-corrected chi connectivity index (χ2v) is 6.31. The zero-order chi connectivity index (χ0) is 10.1. The van der Waals surface area contributed by atoms with Gasteiger partial charge in [-0.1, -0.05) is 6.92 Å². The van der Waals surface area contributed by atoms with E-state index in [0.717, 1.165) is 12.8 Å². The first-order valence-corrected chi connectivity index (χ1v) is 6.63. The Morgan fingerprint density at radius 2 is 2.15 bits per heavy atom. The van der Waals surface area contributed by atoms with Crippen LogP contribution in [0.4, 0.5) is 0 Å². The van der Waals surface area contributed by atoms with Gasteiger partial charge in [0.05, 0.1) is 11.0 Å². The summed E-state index contributed by atoms with van der Waals surface area (Å²) in [4.78, 5) is 0. The van der Waals surface area contributed by atoms with Crippen LogP contribution < -0.4 is 5.32 Å². The molecule has 13 heavy (non-hydrogen) atoms. The number of rotatable bonds is 3. The summed E-state index contributed by atoms with van der Waals surface area (Å²) in [6.07, 6.45) is 1.82. The molecule has 3 unspecified atom stereocenters. The monoisotopic (exact) mass is 205 g/mol. The van der Waals surface area contributed by atoms with E-state index in [0.29, 0.717) is 17.7 Å². The van der Waals surface area contributed by atoms with Crippen molar-refractivity contribution < 1.29 is 8.42 Å². The molecule has 0 aromatic rings. The summed E-state index contributed by atoms with van der Waals surface area (Å²) in [5.74, 6) is 0.678. The molecule has 1 rings (SSSR count). The van der Waals surface area contributed by atoms with E-state index in [1.165, 1.54) is 0 Å². The zero-order valence-corrected chi connectivity index (χ0v) is 9.39. The van der Waals surface area contributed by atoms with Gasteiger partial charge < -0.3 is 5.32 Å². The summed E-state index contributed by atoms with van der Waals surface area (Å²) in [6, 6.07) is 0.354. The van der Waals surface area contributed by atoms with Gasteiger partial charge in [-0.3, -0.25) is 0 Å². The minimum atomic E-state index is -2.78. The van der Waals surface area contributed by atoms with E-state index in [2.05, 4.69) is 12.2 Å². The molecule has 78 valence electrons. The first-order chi connectivity index (χ1) is 6.03. The van der Waals surface area contributed by atoms with Gasteiger partial charge >= 0.3 is 0 Å². The Morgan fingerprint density at radius 1 is 1.54 bits per heavy atom. The molecule has 0 radical (unpaired) electrons. The largest absolute Gasteiger partial charge is 0.317 e. The molecule has 1 heterocycles. The lowest BCUT2D eigenvalue weighted by atomic mass is 9.92. The number of hydrogen-bond donors (Lipinski definition) is 1. The van der Waals surface area contributed by atoms with E-state index in [9.17, 15) is 8.42 Å². The van der Waals surface area contributed by atoms with E-state index < -0.39 is 9.84 Å². The fourth-order valence-corrected chi connectivity index (χ4v) is 4.07. The predicted molar refractivity (Wildman–Crippen MR) is 54.5 cm³/mol. The first kappa shape index (κ1) is 11.0. The van der Waals surface area contributed by atoms with Crippen LogP contribution in [0.3, 0.4) is 0 Å². The molecule has 0 amide bonds. The van der Waals surface area contributed by atoms with Gasteiger partial charge in [-0.05, 0) is 32.7 Å². The Hall–Kier alpha value is -0.0900. The van der Waals surface area contributed by atoms with Crippen LogP contribution in [-0.4, -0.2) is 32.5 Å². The van der Waals surface area contributed by atoms with Gasteiger partial charge in [0.1, 0.15) is 0 Å².